The molecule has 0 unspecified atom stereocenters. The Morgan fingerprint density at radius 3 is 1.95 bits per heavy atom. The molecule has 210 valence electrons. The molecule has 0 spiro atoms. The second kappa shape index (κ2) is 18.9. The molecule has 0 heterocycles. The van der Waals surface area contributed by atoms with Crippen molar-refractivity contribution < 1.29 is 14.3 Å². The Hall–Kier alpha value is -2.29. The van der Waals surface area contributed by atoms with E-state index in [0.717, 1.165) is 31.1 Å². The maximum Gasteiger partial charge on any atom is 0.343 e. The largest absolute Gasteiger partial charge is 0.494 e. The van der Waals surface area contributed by atoms with Crippen LogP contribution in [0.1, 0.15) is 138 Å². The highest BCUT2D eigenvalue weighted by Crippen LogP contribution is 2.29. The summed E-state index contributed by atoms with van der Waals surface area (Å²) in [5.41, 5.74) is 1.88. The summed E-state index contributed by atoms with van der Waals surface area (Å²) in [6.07, 6.45) is 25.4. The van der Waals surface area contributed by atoms with Gasteiger partial charge in [-0.25, -0.2) is 4.79 Å². The summed E-state index contributed by atoms with van der Waals surface area (Å²) in [5, 5.41) is 0. The molecule has 3 rings (SSSR count). The lowest BCUT2D eigenvalue weighted by Crippen LogP contribution is -2.08. The lowest BCUT2D eigenvalue weighted by molar-refractivity contribution is 0.0734. The smallest absolute Gasteiger partial charge is 0.343 e. The summed E-state index contributed by atoms with van der Waals surface area (Å²) in [5.74, 6) is 2.10. The summed E-state index contributed by atoms with van der Waals surface area (Å²) in [6, 6.07) is 15.3. The van der Waals surface area contributed by atoms with Gasteiger partial charge >= 0.3 is 5.97 Å². The van der Waals surface area contributed by atoms with Gasteiger partial charge in [0, 0.05) is 0 Å². The first-order valence-electron chi connectivity index (χ1n) is 15.8. The number of carbonyl (C=O) groups excluding carboxylic acids is 1. The molecule has 1 aliphatic carbocycles. The summed E-state index contributed by atoms with van der Waals surface area (Å²) < 4.78 is 11.5. The molecule has 0 aliphatic heterocycles. The van der Waals surface area contributed by atoms with Crippen molar-refractivity contribution in [3.8, 4) is 11.5 Å². The third-order valence-electron chi connectivity index (χ3n) is 8.04. The average molecular weight is 521 g/mol. The number of carbonyl (C=O) groups is 1. The van der Waals surface area contributed by atoms with Gasteiger partial charge in [0.1, 0.15) is 11.5 Å². The molecule has 1 saturated carbocycles. The zero-order valence-electron chi connectivity index (χ0n) is 24.1. The van der Waals surface area contributed by atoms with Crippen LogP contribution in [0.15, 0.2) is 48.5 Å². The highest BCUT2D eigenvalue weighted by atomic mass is 16.5. The molecule has 2 aromatic rings. The lowest BCUT2D eigenvalue weighted by Gasteiger charge is -2.09. The maximum atomic E-state index is 12.5. The van der Waals surface area contributed by atoms with Gasteiger partial charge in [-0.05, 0) is 67.1 Å². The molecule has 0 N–H and O–H groups in total. The van der Waals surface area contributed by atoms with Gasteiger partial charge in [0.25, 0.3) is 0 Å². The van der Waals surface area contributed by atoms with Crippen LogP contribution in [0.25, 0.3) is 0 Å². The Balaban J connectivity index is 1.23. The SMILES string of the molecule is CCCCCCCCCc1ccc(C(=O)Oc2ccc(OCCCCCCCCC3CCCC3)cc2)cc1. The number of hydrogen-bond acceptors (Lipinski definition) is 3. The van der Waals surface area contributed by atoms with Crippen LogP contribution in [0.4, 0.5) is 0 Å². The lowest BCUT2D eigenvalue weighted by atomic mass is 9.99. The fraction of sp³-hybridized carbons (Fsp3) is 0.629. The molecule has 3 heteroatoms. The molecule has 0 radical (unpaired) electrons. The number of aryl methyl sites for hydroxylation is 1. The molecule has 2 aromatic carbocycles. The van der Waals surface area contributed by atoms with Gasteiger partial charge in [0.05, 0.1) is 12.2 Å². The molecule has 0 aromatic heterocycles. The third kappa shape index (κ3) is 12.5. The van der Waals surface area contributed by atoms with Gasteiger partial charge in [-0.2, -0.15) is 0 Å². The summed E-state index contributed by atoms with van der Waals surface area (Å²) >= 11 is 0. The first-order valence-corrected chi connectivity index (χ1v) is 15.8. The van der Waals surface area contributed by atoms with E-state index in [1.165, 1.54) is 115 Å². The molecular weight excluding hydrogens is 468 g/mol. The van der Waals surface area contributed by atoms with E-state index >= 15 is 0 Å². The Morgan fingerprint density at radius 2 is 1.26 bits per heavy atom. The highest BCUT2D eigenvalue weighted by Gasteiger charge is 2.13. The topological polar surface area (TPSA) is 35.5 Å². The van der Waals surface area contributed by atoms with Crippen LogP contribution in [0.5, 0.6) is 11.5 Å². The first-order chi connectivity index (χ1) is 18.7. The molecular formula is C35H52O3. The monoisotopic (exact) mass is 520 g/mol. The third-order valence-corrected chi connectivity index (χ3v) is 8.04. The predicted octanol–water partition coefficient (Wildman–Crippen LogP) is 10.5. The van der Waals surface area contributed by atoms with E-state index in [9.17, 15) is 4.79 Å². The van der Waals surface area contributed by atoms with Crippen LogP contribution < -0.4 is 9.47 Å². The standard InChI is InChI=1S/C35H52O3/c1-2-3-4-5-6-9-13-18-31-21-23-32(24-22-31)35(36)38-34-27-25-33(26-28-34)37-29-16-11-8-7-10-12-17-30-19-14-15-20-30/h21-28,30H,2-20,29H2,1H3. The number of unbranched alkanes of at least 4 members (excludes halogenated alkanes) is 11. The van der Waals surface area contributed by atoms with Crippen molar-refractivity contribution in [3.05, 3.63) is 59.7 Å². The van der Waals surface area contributed by atoms with Crippen LogP contribution in [0.2, 0.25) is 0 Å². The van der Waals surface area contributed by atoms with E-state index < -0.39 is 0 Å². The van der Waals surface area contributed by atoms with E-state index in [4.69, 9.17) is 9.47 Å². The number of esters is 1. The molecule has 1 fully saturated rings. The second-order valence-corrected chi connectivity index (χ2v) is 11.3. The fourth-order valence-electron chi connectivity index (χ4n) is 5.59. The van der Waals surface area contributed by atoms with Crippen molar-refractivity contribution in [2.24, 2.45) is 5.92 Å². The van der Waals surface area contributed by atoms with Crippen LogP contribution in [-0.4, -0.2) is 12.6 Å². The fourth-order valence-corrected chi connectivity index (χ4v) is 5.59. The zero-order chi connectivity index (χ0) is 26.7. The van der Waals surface area contributed by atoms with Crippen molar-refractivity contribution in [1.29, 1.82) is 0 Å². The number of hydrogen-bond donors (Lipinski definition) is 0. The predicted molar refractivity (Wildman–Crippen MR) is 159 cm³/mol. The van der Waals surface area contributed by atoms with Crippen molar-refractivity contribution in [3.63, 3.8) is 0 Å². The molecule has 0 saturated heterocycles. The minimum absolute atomic E-state index is 0.315. The van der Waals surface area contributed by atoms with Crippen molar-refractivity contribution in [2.45, 2.75) is 129 Å². The van der Waals surface area contributed by atoms with Gasteiger partial charge in [-0.3, -0.25) is 0 Å². The number of ether oxygens (including phenoxy) is 2. The number of rotatable bonds is 20. The normalized spacial score (nSPS) is 13.6. The highest BCUT2D eigenvalue weighted by molar-refractivity contribution is 5.91. The molecule has 1 aliphatic rings. The summed E-state index contributed by atoms with van der Waals surface area (Å²) in [4.78, 5) is 12.5. The average Bonchev–Trinajstić information content (AvgIpc) is 3.46. The Kier molecular flexibility index (Phi) is 15.0. The maximum absolute atomic E-state index is 12.5. The quantitative estimate of drug-likeness (QED) is 0.0989. The van der Waals surface area contributed by atoms with Crippen molar-refractivity contribution >= 4 is 5.97 Å². The zero-order valence-corrected chi connectivity index (χ0v) is 24.1. The minimum atomic E-state index is -0.315. The molecule has 0 bridgehead atoms. The molecule has 0 amide bonds. The Morgan fingerprint density at radius 1 is 0.684 bits per heavy atom. The van der Waals surface area contributed by atoms with Gasteiger partial charge in [-0.1, -0.05) is 122 Å². The minimum Gasteiger partial charge on any atom is -0.494 e. The van der Waals surface area contributed by atoms with E-state index in [1.54, 1.807) is 0 Å². The summed E-state index contributed by atoms with van der Waals surface area (Å²) in [6.45, 7) is 3.00. The summed E-state index contributed by atoms with van der Waals surface area (Å²) in [7, 11) is 0. The van der Waals surface area contributed by atoms with Crippen molar-refractivity contribution in [2.75, 3.05) is 6.61 Å². The van der Waals surface area contributed by atoms with Gasteiger partial charge in [0.15, 0.2) is 0 Å². The molecule has 0 atom stereocenters. The van der Waals surface area contributed by atoms with Crippen LogP contribution in [0.3, 0.4) is 0 Å². The van der Waals surface area contributed by atoms with E-state index in [1.807, 2.05) is 36.4 Å². The van der Waals surface area contributed by atoms with Crippen LogP contribution in [0, 0.1) is 5.92 Å². The Labute approximate surface area is 232 Å². The first kappa shape index (κ1) is 30.3. The van der Waals surface area contributed by atoms with Crippen LogP contribution in [-0.2, 0) is 6.42 Å². The molecule has 3 nitrogen and oxygen atoms in total. The van der Waals surface area contributed by atoms with Gasteiger partial charge in [0.2, 0.25) is 0 Å². The van der Waals surface area contributed by atoms with Crippen LogP contribution >= 0.6 is 0 Å². The van der Waals surface area contributed by atoms with Crippen molar-refractivity contribution in [1.82, 2.24) is 0 Å². The second-order valence-electron chi connectivity index (χ2n) is 11.3. The van der Waals surface area contributed by atoms with E-state index in [2.05, 4.69) is 19.1 Å². The van der Waals surface area contributed by atoms with E-state index in [0.29, 0.717) is 11.3 Å². The Bertz CT molecular complexity index is 865. The van der Waals surface area contributed by atoms with Gasteiger partial charge in [-0.15, -0.1) is 0 Å². The van der Waals surface area contributed by atoms with Gasteiger partial charge < -0.3 is 9.47 Å². The number of benzene rings is 2. The van der Waals surface area contributed by atoms with E-state index in [-0.39, 0.29) is 5.97 Å². The molecule has 38 heavy (non-hydrogen) atoms.